The van der Waals surface area contributed by atoms with Crippen molar-refractivity contribution in [3.8, 4) is 56.4 Å². The minimum absolute atomic E-state index is 0.422. The fraction of sp³-hybridized carbons (Fsp3) is 0.0192. The molecule has 0 amide bonds. The van der Waals surface area contributed by atoms with Crippen LogP contribution in [0.2, 0.25) is 0 Å². The highest BCUT2D eigenvalue weighted by molar-refractivity contribution is 7.99. The summed E-state index contributed by atoms with van der Waals surface area (Å²) in [7, 11) is 0. The lowest BCUT2D eigenvalue weighted by atomic mass is 9.67. The van der Waals surface area contributed by atoms with Crippen LogP contribution in [-0.2, 0) is 5.41 Å². The highest BCUT2D eigenvalue weighted by atomic mass is 32.2. The Balaban J connectivity index is 1.07. The molecule has 2 aliphatic rings. The van der Waals surface area contributed by atoms with Gasteiger partial charge in [-0.15, -0.1) is 11.3 Å². The Morgan fingerprint density at radius 2 is 0.860 bits per heavy atom. The molecule has 0 unspecified atom stereocenters. The second-order valence-electron chi connectivity index (χ2n) is 14.7. The summed E-state index contributed by atoms with van der Waals surface area (Å²) in [6, 6.07) is 67.7. The average molecular weight is 762 g/mol. The minimum Gasteiger partial charge on any atom is -0.208 e. The predicted octanol–water partition coefficient (Wildman–Crippen LogP) is 13.7. The lowest BCUT2D eigenvalue weighted by Crippen LogP contribution is -2.31. The summed E-state index contributed by atoms with van der Waals surface area (Å²) >= 11 is 3.76. The van der Waals surface area contributed by atoms with Crippen LogP contribution in [0.1, 0.15) is 22.3 Å². The number of nitrogens with zero attached hydrogens (tertiary/aromatic N) is 3. The zero-order chi connectivity index (χ0) is 37.5. The Labute approximate surface area is 338 Å². The highest BCUT2D eigenvalue weighted by Crippen LogP contribution is 2.63. The summed E-state index contributed by atoms with van der Waals surface area (Å²) in [5.74, 6) is 1.96. The zero-order valence-electron chi connectivity index (χ0n) is 30.6. The van der Waals surface area contributed by atoms with E-state index in [9.17, 15) is 0 Å². The van der Waals surface area contributed by atoms with E-state index in [0.29, 0.717) is 17.5 Å². The first kappa shape index (κ1) is 32.6. The smallest absolute Gasteiger partial charge is 0.164 e. The third-order valence-corrected chi connectivity index (χ3v) is 14.0. The molecule has 0 radical (unpaired) electrons. The van der Waals surface area contributed by atoms with Gasteiger partial charge in [0.15, 0.2) is 17.5 Å². The lowest BCUT2D eigenvalue weighted by molar-refractivity contribution is 0.726. The summed E-state index contributed by atoms with van der Waals surface area (Å²) in [5.41, 5.74) is 12.8. The third-order valence-electron chi connectivity index (χ3n) is 11.6. The van der Waals surface area contributed by atoms with Gasteiger partial charge < -0.3 is 0 Å². The van der Waals surface area contributed by atoms with E-state index in [2.05, 4.69) is 164 Å². The van der Waals surface area contributed by atoms with E-state index in [1.54, 1.807) is 0 Å². The van der Waals surface area contributed by atoms with Crippen molar-refractivity contribution < 1.29 is 0 Å². The molecule has 0 saturated heterocycles. The molecule has 57 heavy (non-hydrogen) atoms. The van der Waals surface area contributed by atoms with Crippen LogP contribution in [0.25, 0.3) is 76.6 Å². The molecule has 3 nitrogen and oxygen atoms in total. The molecule has 3 heterocycles. The van der Waals surface area contributed by atoms with Crippen LogP contribution < -0.4 is 0 Å². The van der Waals surface area contributed by atoms with Crippen molar-refractivity contribution in [2.24, 2.45) is 0 Å². The zero-order valence-corrected chi connectivity index (χ0v) is 32.2. The van der Waals surface area contributed by atoms with Gasteiger partial charge >= 0.3 is 0 Å². The molecular weight excluding hydrogens is 731 g/mol. The number of hydrogen-bond acceptors (Lipinski definition) is 5. The molecule has 2 aromatic heterocycles. The summed E-state index contributed by atoms with van der Waals surface area (Å²) in [4.78, 5) is 18.0. The average Bonchev–Trinajstić information content (AvgIpc) is 3.81. The van der Waals surface area contributed by atoms with Crippen LogP contribution >= 0.6 is 23.1 Å². The molecule has 8 aromatic carbocycles. The van der Waals surface area contributed by atoms with E-state index in [-0.39, 0.29) is 0 Å². The first-order valence-corrected chi connectivity index (χ1v) is 20.8. The second-order valence-corrected chi connectivity index (χ2v) is 16.8. The standard InChI is InChI=1S/C52H31N3S2/c1-3-13-32(14-4-1)33-23-25-35(26-24-33)50-53-49(34-15-5-2-6-16-34)54-51(55-50)36-27-29-44-39(31-36)47-46(56-44)30-28-43-48(47)57-45-22-12-11-21-42(45)52(43)40-19-9-7-17-37(40)38-18-8-10-20-41(38)52/h1-31H. The van der Waals surface area contributed by atoms with Crippen LogP contribution in [-0.4, -0.2) is 15.0 Å². The van der Waals surface area contributed by atoms with Crippen molar-refractivity contribution in [2.45, 2.75) is 15.2 Å². The van der Waals surface area contributed by atoms with Gasteiger partial charge in [-0.3, -0.25) is 0 Å². The van der Waals surface area contributed by atoms with Crippen LogP contribution in [0.5, 0.6) is 0 Å². The Hall–Kier alpha value is -6.66. The summed E-state index contributed by atoms with van der Waals surface area (Å²) in [5, 5.41) is 2.52. The molecule has 0 saturated carbocycles. The molecule has 1 spiro atoms. The maximum absolute atomic E-state index is 5.17. The van der Waals surface area contributed by atoms with Crippen molar-refractivity contribution in [3.63, 3.8) is 0 Å². The Morgan fingerprint density at radius 1 is 0.368 bits per heavy atom. The van der Waals surface area contributed by atoms with E-state index < -0.39 is 5.41 Å². The van der Waals surface area contributed by atoms with Crippen LogP contribution in [0.4, 0.5) is 0 Å². The predicted molar refractivity (Wildman–Crippen MR) is 236 cm³/mol. The van der Waals surface area contributed by atoms with Gasteiger partial charge in [-0.2, -0.15) is 0 Å². The van der Waals surface area contributed by atoms with E-state index in [0.717, 1.165) is 22.3 Å². The fourth-order valence-electron chi connectivity index (χ4n) is 9.11. The van der Waals surface area contributed by atoms with Crippen molar-refractivity contribution in [1.29, 1.82) is 0 Å². The molecular formula is C52H31N3S2. The molecule has 0 fully saturated rings. The Kier molecular flexibility index (Phi) is 7.25. The van der Waals surface area contributed by atoms with Crippen LogP contribution in [0.15, 0.2) is 198 Å². The van der Waals surface area contributed by atoms with Crippen molar-refractivity contribution in [3.05, 3.63) is 210 Å². The van der Waals surface area contributed by atoms with Gasteiger partial charge in [0, 0.05) is 46.7 Å². The van der Waals surface area contributed by atoms with Crippen LogP contribution in [0, 0.1) is 0 Å². The first-order chi connectivity index (χ1) is 28.2. The van der Waals surface area contributed by atoms with Gasteiger partial charge in [0.2, 0.25) is 0 Å². The summed E-state index contributed by atoms with van der Waals surface area (Å²) in [6.07, 6.45) is 0. The highest BCUT2D eigenvalue weighted by Gasteiger charge is 2.50. The van der Waals surface area contributed by atoms with Crippen molar-refractivity contribution in [2.75, 3.05) is 0 Å². The van der Waals surface area contributed by atoms with Gasteiger partial charge in [-0.05, 0) is 74.8 Å². The number of aromatic nitrogens is 3. The molecule has 5 heteroatoms. The molecule has 0 N–H and O–H groups in total. The molecule has 266 valence electrons. The largest absolute Gasteiger partial charge is 0.208 e. The minimum atomic E-state index is -0.422. The molecule has 10 aromatic rings. The van der Waals surface area contributed by atoms with Crippen molar-refractivity contribution in [1.82, 2.24) is 15.0 Å². The van der Waals surface area contributed by atoms with Gasteiger partial charge in [-0.25, -0.2) is 15.0 Å². The molecule has 0 bridgehead atoms. The molecule has 1 aliphatic carbocycles. The topological polar surface area (TPSA) is 38.7 Å². The Morgan fingerprint density at radius 3 is 1.54 bits per heavy atom. The van der Waals surface area contributed by atoms with Crippen molar-refractivity contribution >= 4 is 43.3 Å². The third kappa shape index (κ3) is 4.89. The summed E-state index contributed by atoms with van der Waals surface area (Å²) in [6.45, 7) is 0. The number of benzene rings is 8. The normalized spacial score (nSPS) is 13.3. The summed E-state index contributed by atoms with van der Waals surface area (Å²) < 4.78 is 2.53. The molecule has 0 atom stereocenters. The van der Waals surface area contributed by atoms with E-state index in [1.807, 2.05) is 47.4 Å². The maximum atomic E-state index is 5.17. The number of fused-ring (bicyclic) bond motifs is 13. The van der Waals surface area contributed by atoms with E-state index in [1.165, 1.54) is 68.9 Å². The Bertz CT molecular complexity index is 3160. The van der Waals surface area contributed by atoms with E-state index in [4.69, 9.17) is 15.0 Å². The van der Waals surface area contributed by atoms with Gasteiger partial charge in [0.1, 0.15) is 0 Å². The second kappa shape index (κ2) is 12.7. The van der Waals surface area contributed by atoms with Gasteiger partial charge in [0.05, 0.1) is 5.41 Å². The maximum Gasteiger partial charge on any atom is 0.164 e. The number of rotatable bonds is 4. The van der Waals surface area contributed by atoms with Gasteiger partial charge in [-0.1, -0.05) is 169 Å². The molecule has 12 rings (SSSR count). The SMILES string of the molecule is c1ccc(-c2ccc(-c3nc(-c4ccccc4)nc(-c4ccc5sc6ccc7c(c6c5c4)Sc4ccccc4C74c5ccccc5-c5ccccc54)n3)cc2)cc1. The molecule has 1 aliphatic heterocycles. The number of hydrogen-bond donors (Lipinski definition) is 0. The quantitative estimate of drug-likeness (QED) is 0.179. The fourth-order valence-corrected chi connectivity index (χ4v) is 11.6. The van der Waals surface area contributed by atoms with E-state index >= 15 is 0 Å². The lowest BCUT2D eigenvalue weighted by Gasteiger charge is -2.40. The monoisotopic (exact) mass is 761 g/mol. The first-order valence-electron chi connectivity index (χ1n) is 19.2. The number of thiophene rings is 1. The van der Waals surface area contributed by atoms with Gasteiger partial charge in [0.25, 0.3) is 0 Å². The van der Waals surface area contributed by atoms with Crippen LogP contribution in [0.3, 0.4) is 0 Å².